The lowest BCUT2D eigenvalue weighted by Crippen LogP contribution is -2.41. The van der Waals surface area contributed by atoms with E-state index >= 15 is 0 Å². The first-order valence-electron chi connectivity index (χ1n) is 8.93. The summed E-state index contributed by atoms with van der Waals surface area (Å²) in [5.74, 6) is -4.34. The van der Waals surface area contributed by atoms with Gasteiger partial charge >= 0.3 is 5.97 Å². The smallest absolute Gasteiger partial charge is 0.326 e. The van der Waals surface area contributed by atoms with Crippen LogP contribution in [0.4, 0.5) is 0 Å². The van der Waals surface area contributed by atoms with Crippen molar-refractivity contribution >= 4 is 23.4 Å². The van der Waals surface area contributed by atoms with Gasteiger partial charge in [-0.2, -0.15) is 0 Å². The minimum atomic E-state index is -1.20. The number of aromatic hydroxyl groups is 2. The Morgan fingerprint density at radius 3 is 2.24 bits per heavy atom. The van der Waals surface area contributed by atoms with Gasteiger partial charge in [0.1, 0.15) is 17.5 Å². The number of carboxylic acids is 1. The highest BCUT2D eigenvalue weighted by atomic mass is 16.4. The fraction of sp³-hybridized carbons (Fsp3) is 0.238. The molecule has 8 nitrogen and oxygen atoms in total. The number of phenolic OH excluding ortho intramolecular Hbond substituents is 2. The summed E-state index contributed by atoms with van der Waals surface area (Å²) < 4.78 is 0. The molecular formula is C21H19NO7. The topological polar surface area (TPSA) is 141 Å². The maximum Gasteiger partial charge on any atom is 0.326 e. The van der Waals surface area contributed by atoms with Crippen LogP contribution >= 0.6 is 0 Å². The zero-order chi connectivity index (χ0) is 21.5. The summed E-state index contributed by atoms with van der Waals surface area (Å²) in [4.78, 5) is 49.4. The van der Waals surface area contributed by atoms with Gasteiger partial charge in [-0.3, -0.25) is 14.4 Å². The summed E-state index contributed by atoms with van der Waals surface area (Å²) in [5.41, 5.74) is -0.893. The fourth-order valence-corrected chi connectivity index (χ4v) is 3.35. The van der Waals surface area contributed by atoms with Crippen molar-refractivity contribution in [3.05, 3.63) is 58.1 Å². The lowest BCUT2D eigenvalue weighted by atomic mass is 9.82. The van der Waals surface area contributed by atoms with Gasteiger partial charge in [-0.15, -0.1) is 0 Å². The highest BCUT2D eigenvalue weighted by Crippen LogP contribution is 2.37. The number of hydrogen-bond acceptors (Lipinski definition) is 6. The Kier molecular flexibility index (Phi) is 5.11. The largest absolute Gasteiger partial charge is 0.507 e. The van der Waals surface area contributed by atoms with Crippen molar-refractivity contribution in [3.8, 4) is 11.5 Å². The second-order valence-corrected chi connectivity index (χ2v) is 7.27. The Morgan fingerprint density at radius 1 is 0.966 bits per heavy atom. The van der Waals surface area contributed by atoms with Gasteiger partial charge in [0.25, 0.3) is 5.91 Å². The quantitative estimate of drug-likeness (QED) is 0.517. The SMILES string of the molecule is CC(C)C[C@H](NC(=O)c1cc(O)c2c(c1)C(=O)c1cccc(O)c1C2=O)C(=O)O. The van der Waals surface area contributed by atoms with Crippen LogP contribution in [0.25, 0.3) is 0 Å². The number of phenols is 2. The van der Waals surface area contributed by atoms with Crippen molar-refractivity contribution in [2.75, 3.05) is 0 Å². The van der Waals surface area contributed by atoms with Gasteiger partial charge in [0, 0.05) is 16.7 Å². The van der Waals surface area contributed by atoms with Gasteiger partial charge in [0.2, 0.25) is 5.78 Å². The van der Waals surface area contributed by atoms with E-state index in [-0.39, 0.29) is 45.9 Å². The molecule has 0 aromatic heterocycles. The molecule has 2 aromatic rings. The molecule has 0 unspecified atom stereocenters. The molecule has 0 radical (unpaired) electrons. The van der Waals surface area contributed by atoms with Crippen LogP contribution in [-0.2, 0) is 4.79 Å². The van der Waals surface area contributed by atoms with Gasteiger partial charge in [0.05, 0.1) is 11.1 Å². The molecule has 3 rings (SSSR count). The number of aliphatic carboxylic acids is 1. The molecule has 0 saturated carbocycles. The second-order valence-electron chi connectivity index (χ2n) is 7.27. The van der Waals surface area contributed by atoms with Crippen LogP contribution in [0.1, 0.15) is 62.5 Å². The standard InChI is InChI=1S/C21H19NO7/c1-9(2)6-13(21(28)29)22-20(27)10-7-12-17(15(24)8-10)19(26)16-11(18(12)25)4-3-5-14(16)23/h3-5,7-9,13,23-24H,6H2,1-2H3,(H,22,27)(H,28,29)/t13-/m0/s1. The third kappa shape index (κ3) is 3.56. The highest BCUT2D eigenvalue weighted by Gasteiger charge is 2.35. The Hall–Kier alpha value is -3.68. The van der Waals surface area contributed by atoms with Gasteiger partial charge < -0.3 is 20.6 Å². The number of carbonyl (C=O) groups is 4. The van der Waals surface area contributed by atoms with E-state index in [9.17, 15) is 34.5 Å². The zero-order valence-corrected chi connectivity index (χ0v) is 15.7. The molecule has 0 aliphatic heterocycles. The summed E-state index contributed by atoms with van der Waals surface area (Å²) in [5, 5.41) is 31.9. The summed E-state index contributed by atoms with van der Waals surface area (Å²) in [7, 11) is 0. The van der Waals surface area contributed by atoms with Crippen LogP contribution in [-0.4, -0.2) is 44.8 Å². The molecule has 1 aliphatic carbocycles. The molecule has 0 heterocycles. The fourth-order valence-electron chi connectivity index (χ4n) is 3.35. The summed E-state index contributed by atoms with van der Waals surface area (Å²) in [6.45, 7) is 3.62. The number of amides is 1. The van der Waals surface area contributed by atoms with E-state index in [0.717, 1.165) is 12.1 Å². The Bertz CT molecular complexity index is 1060. The highest BCUT2D eigenvalue weighted by molar-refractivity contribution is 6.30. The monoisotopic (exact) mass is 397 g/mol. The van der Waals surface area contributed by atoms with Crippen molar-refractivity contribution in [1.29, 1.82) is 0 Å². The maximum absolute atomic E-state index is 12.8. The van der Waals surface area contributed by atoms with Crippen LogP contribution in [0, 0.1) is 5.92 Å². The first-order valence-corrected chi connectivity index (χ1v) is 8.93. The number of fused-ring (bicyclic) bond motifs is 2. The second kappa shape index (κ2) is 7.38. The average Bonchev–Trinajstić information content (AvgIpc) is 2.64. The zero-order valence-electron chi connectivity index (χ0n) is 15.7. The third-order valence-electron chi connectivity index (χ3n) is 4.68. The van der Waals surface area contributed by atoms with E-state index in [1.54, 1.807) is 0 Å². The lowest BCUT2D eigenvalue weighted by Gasteiger charge is -2.21. The number of carbonyl (C=O) groups excluding carboxylic acids is 3. The van der Waals surface area contributed by atoms with Crippen molar-refractivity contribution in [2.45, 2.75) is 26.3 Å². The van der Waals surface area contributed by atoms with Gasteiger partial charge in [-0.05, 0) is 30.5 Å². The van der Waals surface area contributed by atoms with Crippen LogP contribution in [0.3, 0.4) is 0 Å². The number of nitrogens with one attached hydrogen (secondary N) is 1. The van der Waals surface area contributed by atoms with Crippen LogP contribution in [0.15, 0.2) is 30.3 Å². The summed E-state index contributed by atoms with van der Waals surface area (Å²) >= 11 is 0. The number of hydrogen-bond donors (Lipinski definition) is 4. The van der Waals surface area contributed by atoms with E-state index in [4.69, 9.17) is 0 Å². The molecule has 29 heavy (non-hydrogen) atoms. The van der Waals surface area contributed by atoms with Crippen molar-refractivity contribution in [3.63, 3.8) is 0 Å². The number of benzene rings is 2. The molecule has 150 valence electrons. The number of carboxylic acid groups (broad SMARTS) is 1. The number of ketones is 2. The molecule has 0 fully saturated rings. The summed E-state index contributed by atoms with van der Waals surface area (Å²) in [6.07, 6.45) is 0.196. The van der Waals surface area contributed by atoms with Gasteiger partial charge in [0.15, 0.2) is 5.78 Å². The van der Waals surface area contributed by atoms with E-state index in [2.05, 4.69) is 5.32 Å². The van der Waals surface area contributed by atoms with Gasteiger partial charge in [-0.25, -0.2) is 4.79 Å². The van der Waals surface area contributed by atoms with E-state index in [1.165, 1.54) is 18.2 Å². The Balaban J connectivity index is 2.02. The average molecular weight is 397 g/mol. The lowest BCUT2D eigenvalue weighted by molar-refractivity contribution is -0.139. The molecule has 0 spiro atoms. The van der Waals surface area contributed by atoms with Crippen LogP contribution < -0.4 is 5.32 Å². The van der Waals surface area contributed by atoms with Crippen LogP contribution in [0.5, 0.6) is 11.5 Å². The van der Waals surface area contributed by atoms with Crippen LogP contribution in [0.2, 0.25) is 0 Å². The van der Waals surface area contributed by atoms with Gasteiger partial charge in [-0.1, -0.05) is 26.0 Å². The van der Waals surface area contributed by atoms with E-state index in [0.29, 0.717) is 0 Å². The molecule has 4 N–H and O–H groups in total. The Morgan fingerprint density at radius 2 is 1.62 bits per heavy atom. The minimum Gasteiger partial charge on any atom is -0.507 e. The van der Waals surface area contributed by atoms with Crippen molar-refractivity contribution < 1.29 is 34.5 Å². The maximum atomic E-state index is 12.8. The molecule has 1 aliphatic rings. The first-order chi connectivity index (χ1) is 13.6. The Labute approximate surface area is 165 Å². The molecule has 0 saturated heterocycles. The molecule has 0 bridgehead atoms. The van der Waals surface area contributed by atoms with E-state index < -0.39 is 35.2 Å². The third-order valence-corrected chi connectivity index (χ3v) is 4.68. The van der Waals surface area contributed by atoms with E-state index in [1.807, 2.05) is 13.8 Å². The minimum absolute atomic E-state index is 0.0108. The molecular weight excluding hydrogens is 378 g/mol. The molecule has 8 heteroatoms. The molecule has 1 amide bonds. The first kappa shape index (κ1) is 20.1. The normalized spacial score (nSPS) is 13.6. The van der Waals surface area contributed by atoms with Crippen molar-refractivity contribution in [2.24, 2.45) is 5.92 Å². The molecule has 2 aromatic carbocycles. The predicted molar refractivity (Wildman–Crippen MR) is 101 cm³/mol. The predicted octanol–water partition coefficient (Wildman–Crippen LogP) is 2.10. The van der Waals surface area contributed by atoms with Crippen molar-refractivity contribution in [1.82, 2.24) is 5.32 Å². The summed E-state index contributed by atoms with van der Waals surface area (Å²) in [6, 6.07) is 5.03. The molecule has 1 atom stereocenters. The number of rotatable bonds is 5.